The second kappa shape index (κ2) is 14.0. The number of amides is 1. The molecule has 0 bridgehead atoms. The number of ether oxygens (including phenoxy) is 1. The molecule has 2 aliphatic carbocycles. The highest BCUT2D eigenvalue weighted by Crippen LogP contribution is 2.29. The summed E-state index contributed by atoms with van der Waals surface area (Å²) < 4.78 is 6.25. The molecule has 6 nitrogen and oxygen atoms in total. The van der Waals surface area contributed by atoms with Crippen LogP contribution in [-0.2, 0) is 9.53 Å². The minimum atomic E-state index is -0.156. The zero-order chi connectivity index (χ0) is 23.5. The lowest BCUT2D eigenvalue weighted by atomic mass is 9.81. The van der Waals surface area contributed by atoms with Gasteiger partial charge in [-0.15, -0.1) is 0 Å². The third-order valence-corrected chi connectivity index (χ3v) is 7.75. The van der Waals surface area contributed by atoms with Crippen LogP contribution in [0, 0.1) is 29.1 Å². The van der Waals surface area contributed by atoms with E-state index < -0.39 is 0 Å². The van der Waals surface area contributed by atoms with Crippen molar-refractivity contribution in [2.45, 2.75) is 96.9 Å². The average Bonchev–Trinajstić information content (AvgIpc) is 2.82. The van der Waals surface area contributed by atoms with E-state index in [9.17, 15) is 4.79 Å². The molecule has 33 heavy (non-hydrogen) atoms. The molecule has 3 fully saturated rings. The van der Waals surface area contributed by atoms with Crippen molar-refractivity contribution in [2.24, 2.45) is 23.7 Å². The van der Waals surface area contributed by atoms with Gasteiger partial charge in [-0.1, -0.05) is 46.0 Å². The van der Waals surface area contributed by atoms with Crippen molar-refractivity contribution < 1.29 is 9.53 Å². The Bertz CT molecular complexity index is 612. The van der Waals surface area contributed by atoms with Gasteiger partial charge in [0.15, 0.2) is 0 Å². The van der Waals surface area contributed by atoms with Crippen LogP contribution in [0.2, 0.25) is 0 Å². The maximum Gasteiger partial charge on any atom is 0.258 e. The SMILES string of the molecule is CC(C)CC1CCCC(NC(=O)/C(C=N)=C(/NCC2CCNCC2)OCC2CCCCC2)C1. The van der Waals surface area contributed by atoms with E-state index in [0.29, 0.717) is 41.7 Å². The summed E-state index contributed by atoms with van der Waals surface area (Å²) in [6.07, 6.45) is 15.5. The van der Waals surface area contributed by atoms with Gasteiger partial charge in [-0.25, -0.2) is 0 Å². The number of rotatable bonds is 11. The van der Waals surface area contributed by atoms with E-state index in [0.717, 1.165) is 45.3 Å². The summed E-state index contributed by atoms with van der Waals surface area (Å²) in [5, 5.41) is 18.2. The Labute approximate surface area is 201 Å². The highest BCUT2D eigenvalue weighted by molar-refractivity contribution is 6.11. The Hall–Kier alpha value is -1.56. The summed E-state index contributed by atoms with van der Waals surface area (Å²) in [5.41, 5.74) is 0.353. The molecule has 0 aromatic heterocycles. The molecule has 3 rings (SSSR count). The Morgan fingerprint density at radius 3 is 2.42 bits per heavy atom. The molecule has 2 atom stereocenters. The average molecular weight is 461 g/mol. The van der Waals surface area contributed by atoms with Crippen LogP contribution < -0.4 is 16.0 Å². The number of piperidine rings is 1. The van der Waals surface area contributed by atoms with Gasteiger partial charge in [0.1, 0.15) is 5.57 Å². The second-order valence-corrected chi connectivity index (χ2v) is 11.1. The fourth-order valence-electron chi connectivity index (χ4n) is 5.90. The zero-order valence-electron chi connectivity index (χ0n) is 21.1. The highest BCUT2D eigenvalue weighted by Gasteiger charge is 2.26. The van der Waals surface area contributed by atoms with E-state index in [1.54, 1.807) is 0 Å². The van der Waals surface area contributed by atoms with E-state index in [-0.39, 0.29) is 11.9 Å². The monoisotopic (exact) mass is 460 g/mol. The van der Waals surface area contributed by atoms with Crippen molar-refractivity contribution in [3.63, 3.8) is 0 Å². The van der Waals surface area contributed by atoms with E-state index in [2.05, 4.69) is 29.8 Å². The molecule has 2 unspecified atom stereocenters. The van der Waals surface area contributed by atoms with Crippen LogP contribution in [0.1, 0.15) is 90.9 Å². The standard InChI is InChI=1S/C27H48N4O2/c1-20(2)15-23-9-6-10-24(16-23)31-26(32)25(17-28)27(30-18-21-11-13-29-14-12-21)33-19-22-7-4-3-5-8-22/h17,20-24,28-30H,3-16,18-19H2,1-2H3,(H,31,32)/b27-25-,28-17?. The van der Waals surface area contributed by atoms with Crippen LogP contribution in [0.15, 0.2) is 11.5 Å². The summed E-state index contributed by atoms with van der Waals surface area (Å²) in [5.74, 6) is 2.87. The number of carbonyl (C=O) groups excluding carboxylic acids is 1. The molecule has 1 heterocycles. The molecule has 188 valence electrons. The van der Waals surface area contributed by atoms with Gasteiger partial charge in [0, 0.05) is 18.8 Å². The molecule has 0 aromatic carbocycles. The van der Waals surface area contributed by atoms with Crippen molar-refractivity contribution >= 4 is 12.1 Å². The second-order valence-electron chi connectivity index (χ2n) is 11.1. The molecule has 0 radical (unpaired) electrons. The highest BCUT2D eigenvalue weighted by atomic mass is 16.5. The van der Waals surface area contributed by atoms with E-state index in [1.165, 1.54) is 57.6 Å². The van der Waals surface area contributed by atoms with Crippen molar-refractivity contribution in [3.05, 3.63) is 11.5 Å². The Kier molecular flexibility index (Phi) is 11.0. The predicted octanol–water partition coefficient (Wildman–Crippen LogP) is 4.75. The number of hydrogen-bond acceptors (Lipinski definition) is 5. The Morgan fingerprint density at radius 2 is 1.73 bits per heavy atom. The van der Waals surface area contributed by atoms with Crippen molar-refractivity contribution in [1.29, 1.82) is 5.41 Å². The van der Waals surface area contributed by atoms with Crippen molar-refractivity contribution in [1.82, 2.24) is 16.0 Å². The smallest absolute Gasteiger partial charge is 0.258 e. The van der Waals surface area contributed by atoms with Gasteiger partial charge >= 0.3 is 0 Å². The third-order valence-electron chi connectivity index (χ3n) is 7.75. The molecule has 1 amide bonds. The largest absolute Gasteiger partial charge is 0.478 e. The summed E-state index contributed by atoms with van der Waals surface area (Å²) >= 11 is 0. The lowest BCUT2D eigenvalue weighted by molar-refractivity contribution is -0.118. The fraction of sp³-hybridized carbons (Fsp3) is 0.852. The lowest BCUT2D eigenvalue weighted by Crippen LogP contribution is -2.41. The molecule has 1 saturated heterocycles. The number of nitrogens with one attached hydrogen (secondary N) is 4. The van der Waals surface area contributed by atoms with Crippen LogP contribution in [0.4, 0.5) is 0 Å². The predicted molar refractivity (Wildman–Crippen MR) is 135 cm³/mol. The summed E-state index contributed by atoms with van der Waals surface area (Å²) in [6, 6.07) is 0.203. The van der Waals surface area contributed by atoms with Crippen LogP contribution >= 0.6 is 0 Å². The topological polar surface area (TPSA) is 86.2 Å². The molecular formula is C27H48N4O2. The van der Waals surface area contributed by atoms with E-state index in [1.807, 2.05) is 0 Å². The van der Waals surface area contributed by atoms with Gasteiger partial charge in [-0.3, -0.25) is 4.79 Å². The number of hydrogen-bond donors (Lipinski definition) is 4. The molecule has 0 aromatic rings. The molecule has 1 aliphatic heterocycles. The maximum absolute atomic E-state index is 13.3. The first-order chi connectivity index (χ1) is 16.0. The van der Waals surface area contributed by atoms with E-state index in [4.69, 9.17) is 10.1 Å². The molecule has 6 heteroatoms. The van der Waals surface area contributed by atoms with Crippen LogP contribution in [0.3, 0.4) is 0 Å². The summed E-state index contributed by atoms with van der Waals surface area (Å²) in [7, 11) is 0. The third kappa shape index (κ3) is 8.95. The Morgan fingerprint density at radius 1 is 1.00 bits per heavy atom. The maximum atomic E-state index is 13.3. The molecule has 2 saturated carbocycles. The molecule has 0 spiro atoms. The minimum absolute atomic E-state index is 0.156. The first-order valence-corrected chi connectivity index (χ1v) is 13.7. The van der Waals surface area contributed by atoms with E-state index >= 15 is 0 Å². The fourth-order valence-corrected chi connectivity index (χ4v) is 5.90. The van der Waals surface area contributed by atoms with Gasteiger partial charge in [0.05, 0.1) is 6.61 Å². The van der Waals surface area contributed by atoms with Gasteiger partial charge in [0.25, 0.3) is 5.91 Å². The number of carbonyl (C=O) groups is 1. The van der Waals surface area contributed by atoms with Gasteiger partial charge < -0.3 is 26.1 Å². The van der Waals surface area contributed by atoms with Gasteiger partial charge in [-0.05, 0) is 81.7 Å². The Balaban J connectivity index is 1.64. The zero-order valence-corrected chi connectivity index (χ0v) is 21.1. The minimum Gasteiger partial charge on any atom is -0.478 e. The van der Waals surface area contributed by atoms with Gasteiger partial charge in [-0.2, -0.15) is 0 Å². The molecular weight excluding hydrogens is 412 g/mol. The normalized spacial score (nSPS) is 25.9. The summed E-state index contributed by atoms with van der Waals surface area (Å²) in [6.45, 7) is 8.09. The first kappa shape index (κ1) is 26.1. The summed E-state index contributed by atoms with van der Waals surface area (Å²) in [4.78, 5) is 13.3. The van der Waals surface area contributed by atoms with Crippen LogP contribution in [0.5, 0.6) is 0 Å². The van der Waals surface area contributed by atoms with Crippen LogP contribution in [-0.4, -0.2) is 44.4 Å². The quantitative estimate of drug-likeness (QED) is 0.203. The van der Waals surface area contributed by atoms with Crippen molar-refractivity contribution in [3.8, 4) is 0 Å². The van der Waals surface area contributed by atoms with Crippen LogP contribution in [0.25, 0.3) is 0 Å². The molecule has 3 aliphatic rings. The van der Waals surface area contributed by atoms with Crippen molar-refractivity contribution in [2.75, 3.05) is 26.2 Å². The first-order valence-electron chi connectivity index (χ1n) is 13.7. The molecule has 4 N–H and O–H groups in total. The lowest BCUT2D eigenvalue weighted by Gasteiger charge is -2.31. The van der Waals surface area contributed by atoms with Gasteiger partial charge in [0.2, 0.25) is 5.88 Å².